The van der Waals surface area contributed by atoms with E-state index in [4.69, 9.17) is 0 Å². The van der Waals surface area contributed by atoms with Crippen molar-refractivity contribution in [3.05, 3.63) is 5.82 Å². The molecule has 0 unspecified atom stereocenters. The fraction of sp³-hybridized carbons (Fsp3) is 0.667. The molecule has 84 valence electrons. The number of carbonyl (C=O) groups is 1. The highest BCUT2D eigenvalue weighted by Gasteiger charge is 2.12. The van der Waals surface area contributed by atoms with Crippen molar-refractivity contribution in [3.63, 3.8) is 0 Å². The number of nitrogens with zero attached hydrogens (tertiary/aromatic N) is 2. The van der Waals surface area contributed by atoms with Gasteiger partial charge in [0.05, 0.1) is 6.54 Å². The zero-order valence-corrected chi connectivity index (χ0v) is 10.2. The van der Waals surface area contributed by atoms with Crippen LogP contribution in [0.2, 0.25) is 0 Å². The largest absolute Gasteiger partial charge is 0.304 e. The van der Waals surface area contributed by atoms with E-state index in [0.29, 0.717) is 11.0 Å². The molecule has 1 heterocycles. The van der Waals surface area contributed by atoms with Crippen LogP contribution in [0.15, 0.2) is 0 Å². The molecule has 0 saturated carbocycles. The zero-order valence-electron chi connectivity index (χ0n) is 9.42. The van der Waals surface area contributed by atoms with Gasteiger partial charge >= 0.3 is 0 Å². The molecule has 1 aromatic rings. The highest BCUT2D eigenvalue weighted by Crippen LogP contribution is 2.09. The Balaban J connectivity index is 2.37. The summed E-state index contributed by atoms with van der Waals surface area (Å²) < 4.78 is 3.97. The molecule has 0 aliphatic rings. The minimum Gasteiger partial charge on any atom is -0.304 e. The third-order valence-corrected chi connectivity index (χ3v) is 2.27. The maximum atomic E-state index is 11.4. The topological polar surface area (TPSA) is 66.9 Å². The molecule has 0 bridgehead atoms. The first-order valence-corrected chi connectivity index (χ1v) is 5.49. The first kappa shape index (κ1) is 12.1. The second-order valence-electron chi connectivity index (χ2n) is 4.30. The van der Waals surface area contributed by atoms with Crippen LogP contribution in [0.25, 0.3) is 0 Å². The van der Waals surface area contributed by atoms with Gasteiger partial charge in [-0.2, -0.15) is 4.37 Å². The molecule has 0 radical (unpaired) electrons. The number of aryl methyl sites for hydroxylation is 1. The van der Waals surface area contributed by atoms with Crippen LogP contribution in [0.4, 0.5) is 5.13 Å². The van der Waals surface area contributed by atoms with Crippen LogP contribution in [0.1, 0.15) is 26.6 Å². The summed E-state index contributed by atoms with van der Waals surface area (Å²) in [4.78, 5) is 15.5. The fourth-order valence-corrected chi connectivity index (χ4v) is 1.45. The average Bonchev–Trinajstić information content (AvgIpc) is 2.47. The number of hydrogen-bond acceptors (Lipinski definition) is 5. The number of aromatic nitrogens is 2. The molecule has 5 nitrogen and oxygen atoms in total. The number of amides is 1. The predicted octanol–water partition coefficient (Wildman–Crippen LogP) is 1.17. The van der Waals surface area contributed by atoms with E-state index in [1.165, 1.54) is 11.5 Å². The van der Waals surface area contributed by atoms with Crippen molar-refractivity contribution >= 4 is 22.6 Å². The van der Waals surface area contributed by atoms with Crippen molar-refractivity contribution in [2.24, 2.45) is 0 Å². The molecule has 0 aromatic carbocycles. The third kappa shape index (κ3) is 4.85. The van der Waals surface area contributed by atoms with E-state index in [1.54, 1.807) is 6.92 Å². The Labute approximate surface area is 93.5 Å². The number of carbonyl (C=O) groups excluding carboxylic acids is 1. The third-order valence-electron chi connectivity index (χ3n) is 1.55. The SMILES string of the molecule is Cc1nsc(NC(=O)CNC(C)(C)C)n1. The molecule has 2 N–H and O–H groups in total. The monoisotopic (exact) mass is 228 g/mol. The highest BCUT2D eigenvalue weighted by atomic mass is 32.1. The van der Waals surface area contributed by atoms with Gasteiger partial charge in [0, 0.05) is 17.1 Å². The van der Waals surface area contributed by atoms with E-state index >= 15 is 0 Å². The summed E-state index contributed by atoms with van der Waals surface area (Å²) in [6, 6.07) is 0. The van der Waals surface area contributed by atoms with Crippen LogP contribution in [0.5, 0.6) is 0 Å². The summed E-state index contributed by atoms with van der Waals surface area (Å²) in [5, 5.41) is 6.32. The quantitative estimate of drug-likeness (QED) is 0.815. The van der Waals surface area contributed by atoms with Gasteiger partial charge in [-0.25, -0.2) is 4.98 Å². The normalized spacial score (nSPS) is 11.5. The molecule has 0 saturated heterocycles. The molecule has 0 aliphatic heterocycles. The smallest absolute Gasteiger partial charge is 0.240 e. The van der Waals surface area contributed by atoms with Crippen molar-refractivity contribution in [3.8, 4) is 0 Å². The van der Waals surface area contributed by atoms with Crippen molar-refractivity contribution in [1.82, 2.24) is 14.7 Å². The molecule has 0 fully saturated rings. The number of hydrogen-bond donors (Lipinski definition) is 2. The van der Waals surface area contributed by atoms with Gasteiger partial charge in [0.2, 0.25) is 11.0 Å². The molecule has 0 spiro atoms. The summed E-state index contributed by atoms with van der Waals surface area (Å²) in [6.07, 6.45) is 0. The number of nitrogens with one attached hydrogen (secondary N) is 2. The van der Waals surface area contributed by atoms with Crippen LogP contribution < -0.4 is 10.6 Å². The molecule has 0 aliphatic carbocycles. The van der Waals surface area contributed by atoms with Crippen LogP contribution >= 0.6 is 11.5 Å². The van der Waals surface area contributed by atoms with Gasteiger partial charge in [0.1, 0.15) is 5.82 Å². The lowest BCUT2D eigenvalue weighted by Gasteiger charge is -2.19. The lowest BCUT2D eigenvalue weighted by atomic mass is 10.1. The van der Waals surface area contributed by atoms with E-state index in [1.807, 2.05) is 20.8 Å². The second kappa shape index (κ2) is 4.67. The Hall–Kier alpha value is -1.01. The van der Waals surface area contributed by atoms with Gasteiger partial charge in [-0.3, -0.25) is 10.1 Å². The van der Waals surface area contributed by atoms with Gasteiger partial charge in [-0.1, -0.05) is 0 Å². The van der Waals surface area contributed by atoms with E-state index in [0.717, 1.165) is 0 Å². The van der Waals surface area contributed by atoms with Crippen LogP contribution in [0.3, 0.4) is 0 Å². The van der Waals surface area contributed by atoms with Crippen molar-refractivity contribution in [2.45, 2.75) is 33.2 Å². The van der Waals surface area contributed by atoms with Gasteiger partial charge in [-0.15, -0.1) is 0 Å². The maximum Gasteiger partial charge on any atom is 0.240 e. The lowest BCUT2D eigenvalue weighted by molar-refractivity contribution is -0.115. The summed E-state index contributed by atoms with van der Waals surface area (Å²) in [5.74, 6) is 0.583. The minimum absolute atomic E-state index is 0.0611. The highest BCUT2D eigenvalue weighted by molar-refractivity contribution is 7.09. The molecule has 15 heavy (non-hydrogen) atoms. The average molecular weight is 228 g/mol. The zero-order chi connectivity index (χ0) is 11.5. The van der Waals surface area contributed by atoms with E-state index in [-0.39, 0.29) is 18.0 Å². The molecule has 1 rings (SSSR count). The summed E-state index contributed by atoms with van der Waals surface area (Å²) in [7, 11) is 0. The summed E-state index contributed by atoms with van der Waals surface area (Å²) in [5.41, 5.74) is -0.0611. The number of anilines is 1. The van der Waals surface area contributed by atoms with Crippen molar-refractivity contribution in [2.75, 3.05) is 11.9 Å². The van der Waals surface area contributed by atoms with Gasteiger partial charge in [0.25, 0.3) is 0 Å². The Morgan fingerprint density at radius 2 is 2.13 bits per heavy atom. The Kier molecular flexibility index (Phi) is 3.76. The fourth-order valence-electron chi connectivity index (χ4n) is 0.857. The van der Waals surface area contributed by atoms with Crippen LogP contribution in [-0.4, -0.2) is 27.3 Å². The first-order valence-electron chi connectivity index (χ1n) is 4.72. The summed E-state index contributed by atoms with van der Waals surface area (Å²) >= 11 is 1.19. The lowest BCUT2D eigenvalue weighted by Crippen LogP contribution is -2.41. The van der Waals surface area contributed by atoms with Crippen molar-refractivity contribution in [1.29, 1.82) is 0 Å². The Morgan fingerprint density at radius 1 is 1.47 bits per heavy atom. The molecule has 0 atom stereocenters. The van der Waals surface area contributed by atoms with Gasteiger partial charge in [-0.05, 0) is 27.7 Å². The van der Waals surface area contributed by atoms with E-state index < -0.39 is 0 Å². The van der Waals surface area contributed by atoms with Gasteiger partial charge in [0.15, 0.2) is 0 Å². The van der Waals surface area contributed by atoms with E-state index in [2.05, 4.69) is 20.0 Å². The van der Waals surface area contributed by atoms with Gasteiger partial charge < -0.3 is 5.32 Å². The molecule has 6 heteroatoms. The van der Waals surface area contributed by atoms with Crippen LogP contribution in [-0.2, 0) is 4.79 Å². The second-order valence-corrected chi connectivity index (χ2v) is 5.05. The Morgan fingerprint density at radius 3 is 2.60 bits per heavy atom. The first-order chi connectivity index (χ1) is 6.87. The van der Waals surface area contributed by atoms with Crippen LogP contribution in [0, 0.1) is 6.92 Å². The van der Waals surface area contributed by atoms with Crippen molar-refractivity contribution < 1.29 is 4.79 Å². The Bertz CT molecular complexity index is 342. The predicted molar refractivity (Wildman–Crippen MR) is 61.0 cm³/mol. The molecular weight excluding hydrogens is 212 g/mol. The standard InChI is InChI=1S/C9H16N4OS/c1-6-11-8(15-13-6)12-7(14)5-10-9(2,3)4/h10H,5H2,1-4H3,(H,11,12,13,14). The molecular formula is C9H16N4OS. The molecule has 1 amide bonds. The number of rotatable bonds is 3. The maximum absolute atomic E-state index is 11.4. The molecule has 1 aromatic heterocycles. The van der Waals surface area contributed by atoms with E-state index in [9.17, 15) is 4.79 Å². The minimum atomic E-state index is -0.0962. The summed E-state index contributed by atoms with van der Waals surface area (Å²) in [6.45, 7) is 8.10.